The highest BCUT2D eigenvalue weighted by Gasteiger charge is 2.31. The van der Waals surface area contributed by atoms with Gasteiger partial charge in [0.1, 0.15) is 0 Å². The van der Waals surface area contributed by atoms with Gasteiger partial charge in [-0.05, 0) is 59.5 Å². The maximum atomic E-state index is 12.8. The molecular weight excluding hydrogens is 310 g/mol. The number of carbonyl (C=O) groups is 1. The molecule has 2 rings (SSSR count). The standard InChI is InChI=1S/C21H33N3O/c1-17(14-20-10-7-6-8-11-20)21(25)23-15-18(2)24(19(3)16-23)13-9-12-22(4)5/h6-8,10-11,14,18-19H,9,12-13,15-16H2,1-5H3/b17-14+. The van der Waals surface area contributed by atoms with E-state index in [9.17, 15) is 4.79 Å². The van der Waals surface area contributed by atoms with Gasteiger partial charge in [-0.3, -0.25) is 9.69 Å². The van der Waals surface area contributed by atoms with Crippen molar-refractivity contribution in [1.82, 2.24) is 14.7 Å². The van der Waals surface area contributed by atoms with Gasteiger partial charge in [0.2, 0.25) is 5.91 Å². The second-order valence-electron chi connectivity index (χ2n) is 7.54. The fraction of sp³-hybridized carbons (Fsp3) is 0.571. The fourth-order valence-corrected chi connectivity index (χ4v) is 3.64. The first-order valence-corrected chi connectivity index (χ1v) is 9.31. The molecular formula is C21H33N3O. The number of amides is 1. The van der Waals surface area contributed by atoms with Gasteiger partial charge in [0.25, 0.3) is 0 Å². The Balaban J connectivity index is 1.96. The van der Waals surface area contributed by atoms with Gasteiger partial charge in [0, 0.05) is 37.3 Å². The van der Waals surface area contributed by atoms with Crippen molar-refractivity contribution in [2.75, 3.05) is 40.3 Å². The lowest BCUT2D eigenvalue weighted by Crippen LogP contribution is -2.58. The molecule has 1 aromatic carbocycles. The zero-order chi connectivity index (χ0) is 18.4. The smallest absolute Gasteiger partial charge is 0.249 e. The molecule has 138 valence electrons. The van der Waals surface area contributed by atoms with Crippen molar-refractivity contribution in [3.8, 4) is 0 Å². The zero-order valence-corrected chi connectivity index (χ0v) is 16.4. The van der Waals surface area contributed by atoms with Gasteiger partial charge in [0.05, 0.1) is 0 Å². The largest absolute Gasteiger partial charge is 0.336 e. The monoisotopic (exact) mass is 343 g/mol. The summed E-state index contributed by atoms with van der Waals surface area (Å²) in [6, 6.07) is 10.9. The number of hydrogen-bond acceptors (Lipinski definition) is 3. The van der Waals surface area contributed by atoms with Gasteiger partial charge in [-0.25, -0.2) is 0 Å². The molecule has 1 aliphatic rings. The van der Waals surface area contributed by atoms with Crippen molar-refractivity contribution in [1.29, 1.82) is 0 Å². The summed E-state index contributed by atoms with van der Waals surface area (Å²) in [6.07, 6.45) is 3.16. The summed E-state index contributed by atoms with van der Waals surface area (Å²) in [4.78, 5) is 19.6. The summed E-state index contributed by atoms with van der Waals surface area (Å²) in [5.74, 6) is 0.162. The Morgan fingerprint density at radius 3 is 2.32 bits per heavy atom. The van der Waals surface area contributed by atoms with Crippen LogP contribution in [0.2, 0.25) is 0 Å². The van der Waals surface area contributed by atoms with E-state index in [0.717, 1.165) is 37.3 Å². The minimum absolute atomic E-state index is 0.162. The molecule has 1 aliphatic heterocycles. The second kappa shape index (κ2) is 9.16. The SMILES string of the molecule is C/C(=C\c1ccccc1)C(=O)N1CC(C)N(CCCN(C)C)C(C)C1. The van der Waals surface area contributed by atoms with Crippen molar-refractivity contribution in [2.45, 2.75) is 39.3 Å². The van der Waals surface area contributed by atoms with E-state index in [2.05, 4.69) is 37.7 Å². The Morgan fingerprint density at radius 2 is 1.76 bits per heavy atom. The Hall–Kier alpha value is -1.65. The van der Waals surface area contributed by atoms with Crippen LogP contribution in [-0.2, 0) is 4.79 Å². The third-order valence-electron chi connectivity index (χ3n) is 4.93. The molecule has 1 heterocycles. The molecule has 1 amide bonds. The highest BCUT2D eigenvalue weighted by molar-refractivity contribution is 5.97. The van der Waals surface area contributed by atoms with Crippen molar-refractivity contribution in [2.24, 2.45) is 0 Å². The first kappa shape index (κ1) is 19.7. The quantitative estimate of drug-likeness (QED) is 0.743. The first-order valence-electron chi connectivity index (χ1n) is 9.31. The van der Waals surface area contributed by atoms with Crippen LogP contribution in [0.15, 0.2) is 35.9 Å². The summed E-state index contributed by atoms with van der Waals surface area (Å²) in [5.41, 5.74) is 1.89. The number of rotatable bonds is 6. The van der Waals surface area contributed by atoms with Crippen LogP contribution in [0, 0.1) is 0 Å². The molecule has 25 heavy (non-hydrogen) atoms. The number of benzene rings is 1. The van der Waals surface area contributed by atoms with Gasteiger partial charge in [-0.15, -0.1) is 0 Å². The van der Waals surface area contributed by atoms with Crippen LogP contribution >= 0.6 is 0 Å². The van der Waals surface area contributed by atoms with E-state index in [1.165, 1.54) is 6.42 Å². The van der Waals surface area contributed by atoms with Crippen LogP contribution in [0.4, 0.5) is 0 Å². The molecule has 1 fully saturated rings. The molecule has 4 heteroatoms. The van der Waals surface area contributed by atoms with E-state index in [4.69, 9.17) is 0 Å². The molecule has 0 aromatic heterocycles. The van der Waals surface area contributed by atoms with Crippen LogP contribution in [0.25, 0.3) is 6.08 Å². The van der Waals surface area contributed by atoms with Crippen molar-refractivity contribution < 1.29 is 4.79 Å². The third kappa shape index (κ3) is 5.68. The van der Waals surface area contributed by atoms with Crippen molar-refractivity contribution in [3.63, 3.8) is 0 Å². The van der Waals surface area contributed by atoms with Gasteiger partial charge < -0.3 is 9.80 Å². The molecule has 1 saturated heterocycles. The average Bonchev–Trinajstić information content (AvgIpc) is 2.57. The topological polar surface area (TPSA) is 26.8 Å². The molecule has 0 bridgehead atoms. The lowest BCUT2D eigenvalue weighted by Gasteiger charge is -2.44. The van der Waals surface area contributed by atoms with Crippen LogP contribution < -0.4 is 0 Å². The molecule has 4 nitrogen and oxygen atoms in total. The first-order chi connectivity index (χ1) is 11.9. The Labute approximate surface area is 153 Å². The van der Waals surface area contributed by atoms with Crippen LogP contribution in [-0.4, -0.2) is 73.0 Å². The summed E-state index contributed by atoms with van der Waals surface area (Å²) in [5, 5.41) is 0. The third-order valence-corrected chi connectivity index (χ3v) is 4.93. The van der Waals surface area contributed by atoms with E-state index >= 15 is 0 Å². The maximum absolute atomic E-state index is 12.8. The van der Waals surface area contributed by atoms with E-state index in [1.807, 2.05) is 48.2 Å². The number of piperazine rings is 1. The van der Waals surface area contributed by atoms with Crippen LogP contribution in [0.3, 0.4) is 0 Å². The maximum Gasteiger partial charge on any atom is 0.249 e. The Kier molecular flexibility index (Phi) is 7.21. The van der Waals surface area contributed by atoms with Gasteiger partial charge in [0.15, 0.2) is 0 Å². The fourth-order valence-electron chi connectivity index (χ4n) is 3.64. The lowest BCUT2D eigenvalue weighted by molar-refractivity contribution is -0.131. The number of carbonyl (C=O) groups excluding carboxylic acids is 1. The Bertz CT molecular complexity index is 570. The van der Waals surface area contributed by atoms with E-state index in [-0.39, 0.29) is 5.91 Å². The minimum atomic E-state index is 0.162. The molecule has 2 unspecified atom stereocenters. The number of hydrogen-bond donors (Lipinski definition) is 0. The molecule has 0 aliphatic carbocycles. The zero-order valence-electron chi connectivity index (χ0n) is 16.4. The molecule has 0 saturated carbocycles. The van der Waals surface area contributed by atoms with Crippen LogP contribution in [0.1, 0.15) is 32.8 Å². The number of nitrogens with zero attached hydrogens (tertiary/aromatic N) is 3. The molecule has 0 radical (unpaired) electrons. The summed E-state index contributed by atoms with van der Waals surface area (Å²) in [7, 11) is 4.23. The molecule has 2 atom stereocenters. The lowest BCUT2D eigenvalue weighted by atomic mass is 10.1. The van der Waals surface area contributed by atoms with Crippen LogP contribution in [0.5, 0.6) is 0 Å². The van der Waals surface area contributed by atoms with E-state index in [0.29, 0.717) is 12.1 Å². The predicted octanol–water partition coefficient (Wildman–Crippen LogP) is 2.96. The summed E-state index contributed by atoms with van der Waals surface area (Å²) >= 11 is 0. The van der Waals surface area contributed by atoms with Gasteiger partial charge >= 0.3 is 0 Å². The molecule has 0 spiro atoms. The van der Waals surface area contributed by atoms with E-state index in [1.54, 1.807) is 0 Å². The van der Waals surface area contributed by atoms with Crippen molar-refractivity contribution in [3.05, 3.63) is 41.5 Å². The average molecular weight is 344 g/mol. The minimum Gasteiger partial charge on any atom is -0.336 e. The van der Waals surface area contributed by atoms with Crippen molar-refractivity contribution >= 4 is 12.0 Å². The summed E-state index contributed by atoms with van der Waals surface area (Å²) < 4.78 is 0. The van der Waals surface area contributed by atoms with E-state index < -0.39 is 0 Å². The summed E-state index contributed by atoms with van der Waals surface area (Å²) in [6.45, 7) is 10.2. The molecule has 0 N–H and O–H groups in total. The molecule has 1 aromatic rings. The highest BCUT2D eigenvalue weighted by atomic mass is 16.2. The predicted molar refractivity (Wildman–Crippen MR) is 105 cm³/mol. The van der Waals surface area contributed by atoms with Gasteiger partial charge in [-0.2, -0.15) is 0 Å². The normalized spacial score (nSPS) is 22.5. The Morgan fingerprint density at radius 1 is 1.16 bits per heavy atom. The highest BCUT2D eigenvalue weighted by Crippen LogP contribution is 2.19. The second-order valence-corrected chi connectivity index (χ2v) is 7.54. The van der Waals surface area contributed by atoms with Gasteiger partial charge in [-0.1, -0.05) is 30.3 Å².